The van der Waals surface area contributed by atoms with Crippen molar-refractivity contribution < 1.29 is 14.3 Å². The number of hydrogen-bond acceptors (Lipinski definition) is 4. The van der Waals surface area contributed by atoms with Crippen molar-refractivity contribution in [1.82, 2.24) is 4.98 Å². The van der Waals surface area contributed by atoms with Gasteiger partial charge in [0, 0.05) is 35.1 Å². The maximum Gasteiger partial charge on any atom is 0.323 e. The molecule has 152 valence electrons. The number of fused-ring (bicyclic) bond motifs is 3. The molecule has 28 heavy (non-hydrogen) atoms. The molecule has 1 unspecified atom stereocenters. The van der Waals surface area contributed by atoms with Gasteiger partial charge in [-0.3, -0.25) is 9.79 Å². The largest absolute Gasteiger partial charge is 0.497 e. The first kappa shape index (κ1) is 20.4. The Kier molecular flexibility index (Phi) is 5.82. The molecule has 0 saturated heterocycles. The smallest absolute Gasteiger partial charge is 0.323 e. The maximum absolute atomic E-state index is 13.0. The summed E-state index contributed by atoms with van der Waals surface area (Å²) >= 11 is 0. The Morgan fingerprint density at radius 3 is 2.79 bits per heavy atom. The summed E-state index contributed by atoms with van der Waals surface area (Å²) in [4.78, 5) is 21.5. The van der Waals surface area contributed by atoms with Crippen LogP contribution in [0.15, 0.2) is 23.4 Å². The molecular weight excluding hydrogens is 352 g/mol. The Bertz CT molecular complexity index is 833. The van der Waals surface area contributed by atoms with Gasteiger partial charge in [0.05, 0.1) is 14.2 Å². The van der Waals surface area contributed by atoms with Crippen LogP contribution in [-0.2, 0) is 26.1 Å². The SMILES string of the molecule is C=C/C(=C\c1c(C)[nH]c2c1CCN=C1[C@@H](CC(C)CC)C[C@]12C(=O)OC)OC. The fourth-order valence-electron chi connectivity index (χ4n) is 4.74. The fourth-order valence-corrected chi connectivity index (χ4v) is 4.74. The van der Waals surface area contributed by atoms with Gasteiger partial charge in [-0.15, -0.1) is 0 Å². The number of rotatable bonds is 7. The van der Waals surface area contributed by atoms with E-state index >= 15 is 0 Å². The van der Waals surface area contributed by atoms with E-state index in [4.69, 9.17) is 14.5 Å². The van der Waals surface area contributed by atoms with Gasteiger partial charge in [-0.05, 0) is 49.8 Å². The first-order chi connectivity index (χ1) is 13.4. The van der Waals surface area contributed by atoms with E-state index < -0.39 is 5.41 Å². The normalized spacial score (nSPS) is 24.8. The Morgan fingerprint density at radius 1 is 1.43 bits per heavy atom. The van der Waals surface area contributed by atoms with Crippen molar-refractivity contribution in [2.45, 2.75) is 51.9 Å². The number of nitrogens with one attached hydrogen (secondary N) is 1. The summed E-state index contributed by atoms with van der Waals surface area (Å²) in [6.07, 6.45) is 7.44. The lowest BCUT2D eigenvalue weighted by molar-refractivity contribution is -0.146. The van der Waals surface area contributed by atoms with Crippen LogP contribution in [-0.4, -0.2) is 37.4 Å². The highest BCUT2D eigenvalue weighted by Crippen LogP contribution is 2.51. The number of nitrogens with zero attached hydrogens (tertiary/aromatic N) is 1. The van der Waals surface area contributed by atoms with Crippen molar-refractivity contribution in [3.8, 4) is 0 Å². The highest BCUT2D eigenvalue weighted by atomic mass is 16.5. The molecule has 1 aliphatic carbocycles. The minimum Gasteiger partial charge on any atom is -0.497 e. The number of carbonyl (C=O) groups excluding carboxylic acids is 1. The molecule has 3 atom stereocenters. The van der Waals surface area contributed by atoms with Gasteiger partial charge in [-0.25, -0.2) is 0 Å². The number of H-pyrrole nitrogens is 1. The summed E-state index contributed by atoms with van der Waals surface area (Å²) in [6, 6.07) is 0. The van der Waals surface area contributed by atoms with Crippen LogP contribution in [0.3, 0.4) is 0 Å². The number of aryl methyl sites for hydroxylation is 1. The molecule has 0 spiro atoms. The van der Waals surface area contributed by atoms with E-state index in [1.165, 1.54) is 7.11 Å². The predicted molar refractivity (Wildman–Crippen MR) is 113 cm³/mol. The van der Waals surface area contributed by atoms with E-state index in [9.17, 15) is 4.79 Å². The Morgan fingerprint density at radius 2 is 2.18 bits per heavy atom. The molecule has 1 N–H and O–H groups in total. The maximum atomic E-state index is 13.0. The molecule has 0 aromatic carbocycles. The zero-order valence-electron chi connectivity index (χ0n) is 17.7. The molecule has 0 bridgehead atoms. The van der Waals surface area contributed by atoms with Crippen LogP contribution in [0.25, 0.3) is 6.08 Å². The van der Waals surface area contributed by atoms with Gasteiger partial charge in [0.25, 0.3) is 0 Å². The van der Waals surface area contributed by atoms with E-state index in [-0.39, 0.29) is 5.97 Å². The van der Waals surface area contributed by atoms with Crippen molar-refractivity contribution in [3.63, 3.8) is 0 Å². The Labute approximate surface area is 167 Å². The second kappa shape index (κ2) is 7.98. The van der Waals surface area contributed by atoms with Crippen molar-refractivity contribution in [3.05, 3.63) is 40.9 Å². The second-order valence-corrected chi connectivity index (χ2v) is 8.04. The molecule has 0 amide bonds. The fraction of sp³-hybridized carbons (Fsp3) is 0.565. The van der Waals surface area contributed by atoms with Gasteiger partial charge in [0.2, 0.25) is 0 Å². The van der Waals surface area contributed by atoms with Gasteiger partial charge in [-0.2, -0.15) is 0 Å². The molecule has 3 rings (SSSR count). The third kappa shape index (κ3) is 3.11. The number of aromatic nitrogens is 1. The summed E-state index contributed by atoms with van der Waals surface area (Å²) in [5.74, 6) is 1.46. The molecule has 5 heteroatoms. The molecule has 1 aromatic rings. The summed E-state index contributed by atoms with van der Waals surface area (Å²) in [6.45, 7) is 11.0. The molecular formula is C23H32N2O3. The highest BCUT2D eigenvalue weighted by Gasteiger charge is 2.60. The van der Waals surface area contributed by atoms with E-state index in [1.807, 2.05) is 13.0 Å². The topological polar surface area (TPSA) is 63.7 Å². The van der Waals surface area contributed by atoms with Crippen molar-refractivity contribution in [1.29, 1.82) is 0 Å². The van der Waals surface area contributed by atoms with E-state index in [2.05, 4.69) is 25.4 Å². The van der Waals surface area contributed by atoms with Crippen LogP contribution >= 0.6 is 0 Å². The van der Waals surface area contributed by atoms with Crippen molar-refractivity contribution in [2.75, 3.05) is 20.8 Å². The lowest BCUT2D eigenvalue weighted by Crippen LogP contribution is -2.58. The average molecular weight is 385 g/mol. The lowest BCUT2D eigenvalue weighted by atomic mass is 9.56. The number of allylic oxidation sites excluding steroid dienone is 1. The van der Waals surface area contributed by atoms with Gasteiger partial charge in [0.1, 0.15) is 11.2 Å². The summed E-state index contributed by atoms with van der Waals surface area (Å²) in [7, 11) is 3.11. The van der Waals surface area contributed by atoms with Gasteiger partial charge < -0.3 is 14.5 Å². The summed E-state index contributed by atoms with van der Waals surface area (Å²) < 4.78 is 10.7. The third-order valence-corrected chi connectivity index (χ3v) is 6.43. The monoisotopic (exact) mass is 384 g/mol. The molecule has 1 aromatic heterocycles. The Balaban J connectivity index is 2.10. The van der Waals surface area contributed by atoms with E-state index in [0.29, 0.717) is 24.1 Å². The first-order valence-corrected chi connectivity index (χ1v) is 10.2. The molecule has 1 saturated carbocycles. The van der Waals surface area contributed by atoms with Crippen molar-refractivity contribution >= 4 is 17.8 Å². The summed E-state index contributed by atoms with van der Waals surface area (Å²) in [5, 5.41) is 0. The van der Waals surface area contributed by atoms with Crippen LogP contribution in [0.1, 0.15) is 55.6 Å². The number of methoxy groups -OCH3 is 2. The van der Waals surface area contributed by atoms with Crippen LogP contribution in [0.2, 0.25) is 0 Å². The molecule has 1 aliphatic heterocycles. The second-order valence-electron chi connectivity index (χ2n) is 8.04. The number of aromatic amines is 1. The number of aliphatic imine (C=N–C) groups is 1. The van der Waals surface area contributed by atoms with Crippen LogP contribution in [0.4, 0.5) is 0 Å². The molecule has 2 aliphatic rings. The molecule has 5 nitrogen and oxygen atoms in total. The minimum absolute atomic E-state index is 0.206. The zero-order valence-corrected chi connectivity index (χ0v) is 17.7. The Hall–Kier alpha value is -2.30. The summed E-state index contributed by atoms with van der Waals surface area (Å²) in [5.41, 5.74) is 4.43. The van der Waals surface area contributed by atoms with Crippen LogP contribution in [0.5, 0.6) is 0 Å². The third-order valence-electron chi connectivity index (χ3n) is 6.43. The van der Waals surface area contributed by atoms with Gasteiger partial charge >= 0.3 is 5.97 Å². The van der Waals surface area contributed by atoms with Crippen LogP contribution < -0.4 is 0 Å². The van der Waals surface area contributed by atoms with Crippen molar-refractivity contribution in [2.24, 2.45) is 16.8 Å². The number of carbonyl (C=O) groups is 1. The van der Waals surface area contributed by atoms with E-state index in [1.54, 1.807) is 13.2 Å². The standard InChI is InChI=1S/C23H32N2O3/c1-7-14(3)11-16-13-23(22(26)28-6)20(16)24-10-9-18-19(12-17(8-2)27-5)15(4)25-21(18)23/h8,12,14,16,25H,2,7,9-11,13H2,1,3-6H3/b17-12+/t14?,16-,23-/m0/s1. The molecule has 0 radical (unpaired) electrons. The average Bonchev–Trinajstić information content (AvgIpc) is 2.93. The molecule has 1 fully saturated rings. The van der Waals surface area contributed by atoms with Crippen LogP contribution in [0, 0.1) is 18.8 Å². The number of ether oxygens (including phenoxy) is 2. The lowest BCUT2D eigenvalue weighted by Gasteiger charge is -2.47. The quantitative estimate of drug-likeness (QED) is 0.432. The first-order valence-electron chi connectivity index (χ1n) is 10.2. The van der Waals surface area contributed by atoms with E-state index in [0.717, 1.165) is 53.9 Å². The highest BCUT2D eigenvalue weighted by molar-refractivity contribution is 6.18. The predicted octanol–water partition coefficient (Wildman–Crippen LogP) is 4.36. The van der Waals surface area contributed by atoms with Gasteiger partial charge in [0.15, 0.2) is 0 Å². The number of esters is 1. The number of hydrogen-bond donors (Lipinski definition) is 1. The molecule has 2 heterocycles. The van der Waals surface area contributed by atoms with Gasteiger partial charge in [-0.1, -0.05) is 26.8 Å². The minimum atomic E-state index is -0.767. The zero-order chi connectivity index (χ0) is 20.5.